The molecular formula is C33H28N2O2S. The van der Waals surface area contributed by atoms with E-state index < -0.39 is 5.60 Å². The minimum Gasteiger partial charge on any atom is -0.473 e. The average Bonchev–Trinajstić information content (AvgIpc) is 2.97. The summed E-state index contributed by atoms with van der Waals surface area (Å²) >= 11 is 1.46. The lowest BCUT2D eigenvalue weighted by molar-refractivity contribution is 0.0990. The van der Waals surface area contributed by atoms with E-state index in [1.165, 1.54) is 11.8 Å². The van der Waals surface area contributed by atoms with Gasteiger partial charge in [-0.25, -0.2) is 9.97 Å². The molecule has 0 radical (unpaired) electrons. The van der Waals surface area contributed by atoms with Gasteiger partial charge in [0.2, 0.25) is 0 Å². The van der Waals surface area contributed by atoms with Gasteiger partial charge in [-0.15, -0.1) is 0 Å². The largest absolute Gasteiger partial charge is 0.473 e. The van der Waals surface area contributed by atoms with E-state index in [0.29, 0.717) is 22.2 Å². The first-order chi connectivity index (χ1) is 18.6. The highest BCUT2D eigenvalue weighted by molar-refractivity contribution is 7.98. The van der Waals surface area contributed by atoms with Crippen LogP contribution in [0.5, 0.6) is 5.75 Å². The monoisotopic (exact) mass is 516 g/mol. The quantitative estimate of drug-likeness (QED) is 0.0890. The summed E-state index contributed by atoms with van der Waals surface area (Å²) in [4.78, 5) is 22.1. The summed E-state index contributed by atoms with van der Waals surface area (Å²) in [6.45, 7) is 1.98. The molecule has 0 bridgehead atoms. The molecule has 0 spiro atoms. The molecule has 0 fully saturated rings. The molecule has 1 heterocycles. The maximum atomic E-state index is 13.4. The molecule has 0 amide bonds. The zero-order valence-electron chi connectivity index (χ0n) is 21.4. The van der Waals surface area contributed by atoms with E-state index >= 15 is 0 Å². The van der Waals surface area contributed by atoms with Gasteiger partial charge >= 0.3 is 0 Å². The SMILES string of the molecule is CSc1nccc(CC(=O)c2cc(C)cc(OC(c3ccccc3)(c3ccccc3)c3ccccc3)c2)n1. The standard InChI is InChI=1S/C33H28N2O2S/c1-24-20-25(31(36)23-29-18-19-34-32(35-29)38-2)22-30(21-24)37-33(26-12-6-3-7-13-26,27-14-8-4-9-15-27)28-16-10-5-11-17-28/h3-22H,23H2,1-2H3. The number of hydrogen-bond donors (Lipinski definition) is 0. The molecule has 0 unspecified atom stereocenters. The van der Waals surface area contributed by atoms with Gasteiger partial charge in [0, 0.05) is 28.5 Å². The average molecular weight is 517 g/mol. The predicted octanol–water partition coefficient (Wildman–Crippen LogP) is 7.30. The number of aryl methyl sites for hydroxylation is 1. The minimum absolute atomic E-state index is 0.0194. The number of benzene rings is 4. The van der Waals surface area contributed by atoms with Crippen molar-refractivity contribution in [3.05, 3.63) is 155 Å². The van der Waals surface area contributed by atoms with Crippen LogP contribution in [0.15, 0.2) is 127 Å². The number of rotatable bonds is 9. The van der Waals surface area contributed by atoms with Crippen molar-refractivity contribution < 1.29 is 9.53 Å². The Labute approximate surface area is 227 Å². The van der Waals surface area contributed by atoms with E-state index in [9.17, 15) is 4.79 Å². The Hall–Kier alpha value is -4.22. The first kappa shape index (κ1) is 25.4. The molecule has 0 aliphatic carbocycles. The van der Waals surface area contributed by atoms with Crippen molar-refractivity contribution in [3.63, 3.8) is 0 Å². The van der Waals surface area contributed by atoms with E-state index in [2.05, 4.69) is 46.4 Å². The van der Waals surface area contributed by atoms with Gasteiger partial charge in [0.15, 0.2) is 16.5 Å². The van der Waals surface area contributed by atoms with Gasteiger partial charge < -0.3 is 4.74 Å². The van der Waals surface area contributed by atoms with E-state index in [1.54, 1.807) is 12.3 Å². The molecule has 0 aliphatic rings. The summed E-state index contributed by atoms with van der Waals surface area (Å²) in [5.74, 6) is 0.603. The summed E-state index contributed by atoms with van der Waals surface area (Å²) < 4.78 is 7.04. The molecule has 4 nitrogen and oxygen atoms in total. The van der Waals surface area contributed by atoms with Gasteiger partial charge in [0.25, 0.3) is 0 Å². The summed E-state index contributed by atoms with van der Waals surface area (Å²) in [7, 11) is 0. The van der Waals surface area contributed by atoms with E-state index in [4.69, 9.17) is 4.74 Å². The fourth-order valence-corrected chi connectivity index (χ4v) is 5.05. The van der Waals surface area contributed by atoms with Crippen molar-refractivity contribution in [2.24, 2.45) is 0 Å². The van der Waals surface area contributed by atoms with Crippen LogP contribution in [0.25, 0.3) is 0 Å². The lowest BCUT2D eigenvalue weighted by Gasteiger charge is -2.36. The molecule has 0 aliphatic heterocycles. The van der Waals surface area contributed by atoms with Crippen molar-refractivity contribution in [2.75, 3.05) is 6.26 Å². The third-order valence-electron chi connectivity index (χ3n) is 6.40. The molecular weight excluding hydrogens is 488 g/mol. The number of ether oxygens (including phenoxy) is 1. The first-order valence-electron chi connectivity index (χ1n) is 12.4. The maximum absolute atomic E-state index is 13.4. The molecule has 5 heteroatoms. The van der Waals surface area contributed by atoms with Crippen LogP contribution in [0.3, 0.4) is 0 Å². The van der Waals surface area contributed by atoms with Crippen LogP contribution in [-0.2, 0) is 12.0 Å². The van der Waals surface area contributed by atoms with Crippen LogP contribution in [0.4, 0.5) is 0 Å². The lowest BCUT2D eigenvalue weighted by atomic mass is 9.80. The summed E-state index contributed by atoms with van der Waals surface area (Å²) in [5.41, 5.74) is 4.31. The second-order valence-corrected chi connectivity index (χ2v) is 9.82. The fourth-order valence-electron chi connectivity index (χ4n) is 4.68. The zero-order valence-corrected chi connectivity index (χ0v) is 22.2. The maximum Gasteiger partial charge on any atom is 0.187 e. The molecule has 4 aromatic carbocycles. The van der Waals surface area contributed by atoms with Gasteiger partial charge in [-0.2, -0.15) is 0 Å². The molecule has 5 aromatic rings. The molecule has 5 rings (SSSR count). The highest BCUT2D eigenvalue weighted by Gasteiger charge is 2.39. The van der Waals surface area contributed by atoms with Crippen LogP contribution in [0.1, 0.15) is 38.3 Å². The number of aromatic nitrogens is 2. The third-order valence-corrected chi connectivity index (χ3v) is 6.96. The van der Waals surface area contributed by atoms with Crippen molar-refractivity contribution >= 4 is 17.5 Å². The highest BCUT2D eigenvalue weighted by Crippen LogP contribution is 2.41. The fraction of sp³-hybridized carbons (Fsp3) is 0.121. The topological polar surface area (TPSA) is 52.1 Å². The molecule has 1 aromatic heterocycles. The second kappa shape index (κ2) is 11.4. The van der Waals surface area contributed by atoms with Gasteiger partial charge in [0.1, 0.15) is 5.75 Å². The summed E-state index contributed by atoms with van der Waals surface area (Å²) in [6, 6.07) is 38.2. The summed E-state index contributed by atoms with van der Waals surface area (Å²) in [5, 5.41) is 0.655. The highest BCUT2D eigenvalue weighted by atomic mass is 32.2. The number of hydrogen-bond acceptors (Lipinski definition) is 5. The Morgan fingerprint density at radius 3 is 1.87 bits per heavy atom. The second-order valence-electron chi connectivity index (χ2n) is 9.05. The van der Waals surface area contributed by atoms with E-state index in [0.717, 1.165) is 22.3 Å². The van der Waals surface area contributed by atoms with E-state index in [-0.39, 0.29) is 12.2 Å². The molecule has 0 saturated carbocycles. The number of ketones is 1. The molecule has 0 saturated heterocycles. The van der Waals surface area contributed by atoms with Crippen molar-refractivity contribution in [3.8, 4) is 5.75 Å². The Kier molecular flexibility index (Phi) is 7.66. The molecule has 0 N–H and O–H groups in total. The number of Topliss-reactive ketones (excluding diaryl/α,β-unsaturated/α-hetero) is 1. The molecule has 188 valence electrons. The van der Waals surface area contributed by atoms with Crippen LogP contribution < -0.4 is 4.74 Å². The Bertz CT molecular complexity index is 1430. The summed E-state index contributed by atoms with van der Waals surface area (Å²) in [6.07, 6.45) is 3.81. The van der Waals surface area contributed by atoms with Gasteiger partial charge in [-0.1, -0.05) is 103 Å². The Morgan fingerprint density at radius 1 is 0.789 bits per heavy atom. The number of carbonyl (C=O) groups excluding carboxylic acids is 1. The lowest BCUT2D eigenvalue weighted by Crippen LogP contribution is -2.36. The van der Waals surface area contributed by atoms with Crippen molar-refractivity contribution in [1.82, 2.24) is 9.97 Å². The number of carbonyl (C=O) groups is 1. The molecule has 38 heavy (non-hydrogen) atoms. The van der Waals surface area contributed by atoms with Gasteiger partial charge in [0.05, 0.1) is 12.1 Å². The number of nitrogens with zero attached hydrogens (tertiary/aromatic N) is 2. The van der Waals surface area contributed by atoms with E-state index in [1.807, 2.05) is 86.0 Å². The van der Waals surface area contributed by atoms with Gasteiger partial charge in [-0.05, 0) is 43.0 Å². The van der Waals surface area contributed by atoms with Gasteiger partial charge in [-0.3, -0.25) is 4.79 Å². The van der Waals surface area contributed by atoms with Crippen LogP contribution in [-0.4, -0.2) is 22.0 Å². The van der Waals surface area contributed by atoms with Crippen molar-refractivity contribution in [1.29, 1.82) is 0 Å². The minimum atomic E-state index is -0.919. The smallest absolute Gasteiger partial charge is 0.187 e. The molecule has 0 atom stereocenters. The van der Waals surface area contributed by atoms with Crippen LogP contribution in [0, 0.1) is 6.92 Å². The third kappa shape index (κ3) is 5.38. The predicted molar refractivity (Wildman–Crippen MR) is 153 cm³/mol. The zero-order chi connectivity index (χ0) is 26.4. The first-order valence-corrected chi connectivity index (χ1v) is 13.7. The van der Waals surface area contributed by atoms with Crippen molar-refractivity contribution in [2.45, 2.75) is 24.1 Å². The van der Waals surface area contributed by atoms with Crippen LogP contribution >= 0.6 is 11.8 Å². The normalized spacial score (nSPS) is 11.2. The Balaban J connectivity index is 1.60. The number of thioether (sulfide) groups is 1. The van der Waals surface area contributed by atoms with Crippen LogP contribution in [0.2, 0.25) is 0 Å². The Morgan fingerprint density at radius 2 is 1.34 bits per heavy atom.